The van der Waals surface area contributed by atoms with Gasteiger partial charge in [-0.3, -0.25) is 4.98 Å². The van der Waals surface area contributed by atoms with Crippen LogP contribution in [0.3, 0.4) is 0 Å². The van der Waals surface area contributed by atoms with Crippen LogP contribution in [0.25, 0.3) is 0 Å². The predicted octanol–water partition coefficient (Wildman–Crippen LogP) is 2.60. The van der Waals surface area contributed by atoms with Gasteiger partial charge in [0.25, 0.3) is 0 Å². The van der Waals surface area contributed by atoms with Gasteiger partial charge in [-0.05, 0) is 29.4 Å². The van der Waals surface area contributed by atoms with E-state index in [9.17, 15) is 0 Å². The van der Waals surface area contributed by atoms with Crippen LogP contribution in [0.2, 0.25) is 0 Å². The van der Waals surface area contributed by atoms with Gasteiger partial charge < -0.3 is 0 Å². The van der Waals surface area contributed by atoms with E-state index in [4.69, 9.17) is 0 Å². The fourth-order valence-corrected chi connectivity index (χ4v) is 1.62. The first-order valence-electron chi connectivity index (χ1n) is 4.10. The molecule has 1 atom stereocenters. The molecule has 1 heterocycles. The van der Waals surface area contributed by atoms with Gasteiger partial charge in [0.1, 0.15) is 0 Å². The molecule has 2 rings (SSSR count). The highest BCUT2D eigenvalue weighted by molar-refractivity contribution is 5.25. The predicted molar refractivity (Wildman–Crippen MR) is 45.4 cm³/mol. The number of hydrogen-bond donors (Lipinski definition) is 0. The number of nitrogens with zero attached hydrogens (tertiary/aromatic N) is 1. The Hall–Kier alpha value is -0.850. The fraction of sp³-hybridized carbons (Fsp3) is 0.500. The van der Waals surface area contributed by atoms with Gasteiger partial charge >= 0.3 is 0 Å². The van der Waals surface area contributed by atoms with E-state index >= 15 is 0 Å². The van der Waals surface area contributed by atoms with Crippen molar-refractivity contribution in [1.29, 1.82) is 0 Å². The minimum Gasteiger partial charge on any atom is -0.264 e. The molecule has 0 radical (unpaired) electrons. The fourth-order valence-electron chi connectivity index (χ4n) is 1.62. The quantitative estimate of drug-likeness (QED) is 0.595. The maximum atomic E-state index is 4.11. The highest BCUT2D eigenvalue weighted by atomic mass is 14.6. The normalized spacial score (nSPS) is 26.5. The van der Waals surface area contributed by atoms with Crippen molar-refractivity contribution in [3.8, 4) is 0 Å². The molecule has 0 N–H and O–H groups in total. The third kappa shape index (κ3) is 1.15. The number of pyridine rings is 1. The Labute approximate surface area is 67.5 Å². The topological polar surface area (TPSA) is 12.9 Å². The highest BCUT2D eigenvalue weighted by Crippen LogP contribution is 2.58. The van der Waals surface area contributed by atoms with Crippen LogP contribution in [-0.2, 0) is 0 Å². The molecular formula is C10H13N. The third-order valence-electron chi connectivity index (χ3n) is 2.60. The van der Waals surface area contributed by atoms with Gasteiger partial charge in [-0.25, -0.2) is 0 Å². The van der Waals surface area contributed by atoms with E-state index in [1.807, 2.05) is 18.5 Å². The largest absolute Gasteiger partial charge is 0.264 e. The maximum Gasteiger partial charge on any atom is 0.0302 e. The SMILES string of the molecule is CC1(C)CC1c1cccnc1. The Morgan fingerprint density at radius 1 is 1.55 bits per heavy atom. The van der Waals surface area contributed by atoms with E-state index in [1.54, 1.807) is 0 Å². The zero-order valence-electron chi connectivity index (χ0n) is 7.04. The van der Waals surface area contributed by atoms with Crippen molar-refractivity contribution >= 4 is 0 Å². The second-order valence-electron chi connectivity index (χ2n) is 4.03. The zero-order valence-corrected chi connectivity index (χ0v) is 7.04. The van der Waals surface area contributed by atoms with Crippen LogP contribution in [0.1, 0.15) is 31.7 Å². The lowest BCUT2D eigenvalue weighted by Gasteiger charge is -2.01. The van der Waals surface area contributed by atoms with Crippen molar-refractivity contribution in [2.24, 2.45) is 5.41 Å². The van der Waals surface area contributed by atoms with Gasteiger partial charge in [0.15, 0.2) is 0 Å². The number of rotatable bonds is 1. The third-order valence-corrected chi connectivity index (χ3v) is 2.60. The molecule has 0 spiro atoms. The molecule has 1 saturated carbocycles. The lowest BCUT2D eigenvalue weighted by Crippen LogP contribution is -1.89. The summed E-state index contributed by atoms with van der Waals surface area (Å²) in [5, 5.41) is 0. The maximum absolute atomic E-state index is 4.11. The van der Waals surface area contributed by atoms with Crippen LogP contribution < -0.4 is 0 Å². The highest BCUT2D eigenvalue weighted by Gasteiger charge is 2.46. The lowest BCUT2D eigenvalue weighted by atomic mass is 10.1. The molecule has 1 aromatic heterocycles. The number of aromatic nitrogens is 1. The van der Waals surface area contributed by atoms with Crippen molar-refractivity contribution in [3.63, 3.8) is 0 Å². The Bertz CT molecular complexity index is 251. The van der Waals surface area contributed by atoms with Crippen LogP contribution in [-0.4, -0.2) is 4.98 Å². The summed E-state index contributed by atoms with van der Waals surface area (Å²) in [6.45, 7) is 4.62. The molecule has 1 heteroatoms. The average Bonchev–Trinajstić information content (AvgIpc) is 2.62. The van der Waals surface area contributed by atoms with Crippen LogP contribution in [0, 0.1) is 5.41 Å². The van der Waals surface area contributed by atoms with Gasteiger partial charge in [0.05, 0.1) is 0 Å². The van der Waals surface area contributed by atoms with Crippen LogP contribution in [0.15, 0.2) is 24.5 Å². The van der Waals surface area contributed by atoms with Gasteiger partial charge in [-0.2, -0.15) is 0 Å². The standard InChI is InChI=1S/C10H13N/c1-10(2)6-9(10)8-4-3-5-11-7-8/h3-5,7,9H,6H2,1-2H3. The van der Waals surface area contributed by atoms with Gasteiger partial charge in [-0.15, -0.1) is 0 Å². The first kappa shape index (κ1) is 6.84. The van der Waals surface area contributed by atoms with Gasteiger partial charge in [0.2, 0.25) is 0 Å². The minimum absolute atomic E-state index is 0.531. The molecule has 1 nitrogen and oxygen atoms in total. The summed E-state index contributed by atoms with van der Waals surface area (Å²) < 4.78 is 0. The molecule has 0 bridgehead atoms. The summed E-state index contributed by atoms with van der Waals surface area (Å²) in [7, 11) is 0. The van der Waals surface area contributed by atoms with E-state index in [0.717, 1.165) is 5.92 Å². The molecule has 0 saturated heterocycles. The molecule has 58 valence electrons. The Morgan fingerprint density at radius 2 is 2.27 bits per heavy atom. The van der Waals surface area contributed by atoms with Crippen LogP contribution in [0.5, 0.6) is 0 Å². The molecule has 1 aliphatic carbocycles. The van der Waals surface area contributed by atoms with E-state index in [-0.39, 0.29) is 0 Å². The zero-order chi connectivity index (χ0) is 7.90. The summed E-state index contributed by atoms with van der Waals surface area (Å²) in [6.07, 6.45) is 5.14. The van der Waals surface area contributed by atoms with E-state index in [2.05, 4.69) is 24.9 Å². The Kier molecular flexibility index (Phi) is 1.28. The average molecular weight is 147 g/mol. The van der Waals surface area contributed by atoms with E-state index in [0.29, 0.717) is 5.41 Å². The molecule has 0 amide bonds. The van der Waals surface area contributed by atoms with Crippen molar-refractivity contribution in [2.45, 2.75) is 26.2 Å². The summed E-state index contributed by atoms with van der Waals surface area (Å²) in [5.74, 6) is 0.760. The first-order chi connectivity index (χ1) is 5.20. The molecule has 1 unspecified atom stereocenters. The molecule has 1 aliphatic rings. The van der Waals surface area contributed by atoms with Crippen molar-refractivity contribution in [2.75, 3.05) is 0 Å². The van der Waals surface area contributed by atoms with E-state index < -0.39 is 0 Å². The molecule has 1 fully saturated rings. The summed E-state index contributed by atoms with van der Waals surface area (Å²) in [4.78, 5) is 4.11. The molecule has 0 aliphatic heterocycles. The second-order valence-corrected chi connectivity index (χ2v) is 4.03. The smallest absolute Gasteiger partial charge is 0.0302 e. The summed E-state index contributed by atoms with van der Waals surface area (Å²) in [5.41, 5.74) is 1.93. The summed E-state index contributed by atoms with van der Waals surface area (Å²) >= 11 is 0. The van der Waals surface area contributed by atoms with Crippen molar-refractivity contribution in [3.05, 3.63) is 30.1 Å². The molecule has 1 aromatic rings. The van der Waals surface area contributed by atoms with Crippen LogP contribution in [0.4, 0.5) is 0 Å². The Morgan fingerprint density at radius 3 is 2.73 bits per heavy atom. The molecular weight excluding hydrogens is 134 g/mol. The monoisotopic (exact) mass is 147 g/mol. The van der Waals surface area contributed by atoms with Crippen molar-refractivity contribution < 1.29 is 0 Å². The number of hydrogen-bond acceptors (Lipinski definition) is 1. The van der Waals surface area contributed by atoms with Gasteiger partial charge in [0, 0.05) is 12.4 Å². The van der Waals surface area contributed by atoms with E-state index in [1.165, 1.54) is 12.0 Å². The first-order valence-corrected chi connectivity index (χ1v) is 4.10. The Balaban J connectivity index is 2.21. The molecule has 0 aromatic carbocycles. The molecule has 11 heavy (non-hydrogen) atoms. The van der Waals surface area contributed by atoms with Crippen molar-refractivity contribution in [1.82, 2.24) is 4.98 Å². The lowest BCUT2D eigenvalue weighted by molar-refractivity contribution is 0.621. The summed E-state index contributed by atoms with van der Waals surface area (Å²) in [6, 6.07) is 4.19. The van der Waals surface area contributed by atoms with Crippen LogP contribution >= 0.6 is 0 Å². The van der Waals surface area contributed by atoms with Gasteiger partial charge in [-0.1, -0.05) is 19.9 Å². The minimum atomic E-state index is 0.531. The second kappa shape index (κ2) is 2.07.